The van der Waals surface area contributed by atoms with Gasteiger partial charge in [0, 0.05) is 37.4 Å². The fraction of sp³-hybridized carbons (Fsp3) is 0.577. The van der Waals surface area contributed by atoms with Crippen LogP contribution < -0.4 is 84.4 Å². The normalized spacial score (nSPS) is 23.2. The zero-order chi connectivity index (χ0) is 25.5. The molecule has 1 saturated heterocycles. The van der Waals surface area contributed by atoms with E-state index in [1.807, 2.05) is 6.20 Å². The molecule has 9 nitrogen and oxygen atoms in total. The summed E-state index contributed by atoms with van der Waals surface area (Å²) in [6.45, 7) is 7.30. The Balaban J connectivity index is 0.000000293. The van der Waals surface area contributed by atoms with Gasteiger partial charge in [-0.25, -0.2) is 4.98 Å². The number of benzene rings is 1. The van der Waals surface area contributed by atoms with Crippen LogP contribution in [0.25, 0.3) is 0 Å². The van der Waals surface area contributed by atoms with E-state index in [4.69, 9.17) is 4.98 Å². The van der Waals surface area contributed by atoms with E-state index in [1.54, 1.807) is 0 Å². The molecule has 0 spiro atoms. The largest absolute Gasteiger partial charge is 1.00 e. The monoisotopic (exact) mass is 559 g/mol. The van der Waals surface area contributed by atoms with E-state index >= 15 is 0 Å². The van der Waals surface area contributed by atoms with Crippen molar-refractivity contribution in [1.82, 2.24) is 15.3 Å². The van der Waals surface area contributed by atoms with E-state index in [9.17, 15) is 14.6 Å². The minimum atomic E-state index is -2.74. The molecular formula is C26H36N5Na2O4P. The van der Waals surface area contributed by atoms with Gasteiger partial charge in [0.15, 0.2) is 0 Å². The number of hydrogen-bond donors (Lipinski definition) is 2. The van der Waals surface area contributed by atoms with Crippen molar-refractivity contribution in [2.45, 2.75) is 71.1 Å². The molecule has 2 aromatic rings. The van der Waals surface area contributed by atoms with Crippen molar-refractivity contribution < 1.29 is 78.2 Å². The number of hydrogen-bond acceptors (Lipinski definition) is 8. The molecule has 5 rings (SSSR count). The Labute approximate surface area is 271 Å². The molecule has 1 amide bonds. The van der Waals surface area contributed by atoms with Gasteiger partial charge in [-0.1, -0.05) is 31.2 Å². The van der Waals surface area contributed by atoms with Crippen molar-refractivity contribution in [3.05, 3.63) is 47.2 Å². The maximum atomic E-state index is 10.2. The molecule has 2 saturated carbocycles. The molecule has 0 bridgehead atoms. The quantitative estimate of drug-likeness (QED) is 0.184. The summed E-state index contributed by atoms with van der Waals surface area (Å²) in [7, 11) is -2.74. The predicted molar refractivity (Wildman–Crippen MR) is 137 cm³/mol. The second-order valence-electron chi connectivity index (χ2n) is 9.97. The Morgan fingerprint density at radius 1 is 1.08 bits per heavy atom. The summed E-state index contributed by atoms with van der Waals surface area (Å²) in [5, 5.41) is 6.15. The van der Waals surface area contributed by atoms with Crippen molar-refractivity contribution in [3.63, 3.8) is 0 Å². The van der Waals surface area contributed by atoms with Crippen LogP contribution in [0, 0.1) is 18.8 Å². The van der Waals surface area contributed by atoms with Gasteiger partial charge in [-0.15, -0.1) is 0 Å². The van der Waals surface area contributed by atoms with E-state index in [0.717, 1.165) is 68.1 Å². The Hall–Kier alpha value is -0.320. The molecule has 196 valence electrons. The van der Waals surface area contributed by atoms with Crippen molar-refractivity contribution in [2.24, 2.45) is 11.8 Å². The van der Waals surface area contributed by atoms with Crippen LogP contribution in [0.4, 0.5) is 11.8 Å². The third-order valence-corrected chi connectivity index (χ3v) is 7.80. The predicted octanol–water partition coefficient (Wildman–Crippen LogP) is -3.57. The number of nitrogens with zero attached hydrogens (tertiary/aromatic N) is 3. The van der Waals surface area contributed by atoms with Gasteiger partial charge in [0.2, 0.25) is 12.4 Å². The number of amides is 1. The van der Waals surface area contributed by atoms with Crippen LogP contribution in [0.5, 0.6) is 0 Å². The standard InChI is InChI=1S/C19H24N4.C7H12NO4P.2Na/c1-3-14-4-6-15(7-5-14)10-20-18-13(2)9-21-19(22-18)23-11-16-8-17(16)12-23;9-5-8-6-1-3-7(4-2-6)12-13(10)11;;/h4-7,9,16-17H,3,8,10-12H2,1-2H3,(H,20,21,22);5-7H,1-4H2,(H,8,9);;/q;-2;2*+1. The number of aromatic nitrogens is 2. The molecule has 1 aromatic heterocycles. The first kappa shape index (κ1) is 33.9. The van der Waals surface area contributed by atoms with E-state index in [-0.39, 0.29) is 71.3 Å². The number of piperidine rings is 1. The topological polar surface area (TPSA) is 126 Å². The van der Waals surface area contributed by atoms with Crippen LogP contribution in [0.3, 0.4) is 0 Å². The van der Waals surface area contributed by atoms with Gasteiger partial charge < -0.3 is 29.8 Å². The molecule has 0 radical (unpaired) electrons. The zero-order valence-corrected chi connectivity index (χ0v) is 28.0. The number of carbonyl (C=O) groups is 1. The number of fused-ring (bicyclic) bond motifs is 1. The summed E-state index contributed by atoms with van der Waals surface area (Å²) in [6.07, 6.45) is 7.87. The number of carbonyl (C=O) groups excluding carboxylic acids is 1. The first-order chi connectivity index (χ1) is 17.4. The summed E-state index contributed by atoms with van der Waals surface area (Å²) in [5.41, 5.74) is 3.76. The fourth-order valence-electron chi connectivity index (χ4n) is 4.96. The molecule has 1 aliphatic heterocycles. The van der Waals surface area contributed by atoms with E-state index in [1.165, 1.54) is 17.5 Å². The minimum Gasteiger partial charge on any atom is -0.820 e. The average Bonchev–Trinajstić information content (AvgIpc) is 3.50. The van der Waals surface area contributed by atoms with Gasteiger partial charge in [0.1, 0.15) is 5.82 Å². The van der Waals surface area contributed by atoms with Gasteiger partial charge in [-0.3, -0.25) is 4.79 Å². The van der Waals surface area contributed by atoms with Gasteiger partial charge in [0.25, 0.3) is 0 Å². The van der Waals surface area contributed by atoms with Crippen LogP contribution in [0.15, 0.2) is 30.5 Å². The molecule has 3 aliphatic rings. The van der Waals surface area contributed by atoms with E-state index < -0.39 is 8.60 Å². The zero-order valence-electron chi connectivity index (χ0n) is 23.1. The molecule has 2 N–H and O–H groups in total. The first-order valence-corrected chi connectivity index (χ1v) is 14.0. The Morgan fingerprint density at radius 2 is 1.71 bits per heavy atom. The molecule has 12 heteroatoms. The number of anilines is 2. The molecule has 2 heterocycles. The number of rotatable bonds is 9. The van der Waals surface area contributed by atoms with Crippen LogP contribution in [0.2, 0.25) is 0 Å². The molecule has 2 unspecified atom stereocenters. The summed E-state index contributed by atoms with van der Waals surface area (Å²) in [6, 6.07) is 8.97. The molecule has 1 aromatic carbocycles. The summed E-state index contributed by atoms with van der Waals surface area (Å²) in [4.78, 5) is 42.2. The third-order valence-electron chi connectivity index (χ3n) is 7.32. The van der Waals surface area contributed by atoms with Crippen molar-refractivity contribution in [2.75, 3.05) is 23.3 Å². The first-order valence-electron chi connectivity index (χ1n) is 12.9. The summed E-state index contributed by atoms with van der Waals surface area (Å²) in [5.74, 6) is 3.63. The third kappa shape index (κ3) is 10.3. The molecule has 2 aliphatic carbocycles. The van der Waals surface area contributed by atoms with E-state index in [2.05, 4.69) is 63.2 Å². The Kier molecular flexibility index (Phi) is 15.0. The van der Waals surface area contributed by atoms with E-state index in [0.29, 0.717) is 19.3 Å². The number of aryl methyl sites for hydroxylation is 2. The van der Waals surface area contributed by atoms with Gasteiger partial charge in [-0.2, -0.15) is 13.6 Å². The van der Waals surface area contributed by atoms with Crippen LogP contribution in [0.1, 0.15) is 55.7 Å². The van der Waals surface area contributed by atoms with Gasteiger partial charge >= 0.3 is 59.1 Å². The molecule has 3 fully saturated rings. The molecule has 2 atom stereocenters. The van der Waals surface area contributed by atoms with Crippen LogP contribution in [-0.4, -0.2) is 41.6 Å². The fourth-order valence-corrected chi connectivity index (χ4v) is 5.41. The van der Waals surface area contributed by atoms with Gasteiger partial charge in [0.05, 0.1) is 6.10 Å². The van der Waals surface area contributed by atoms with Crippen molar-refractivity contribution >= 4 is 26.8 Å². The van der Waals surface area contributed by atoms with Crippen LogP contribution in [-0.2, 0) is 22.3 Å². The Bertz CT molecular complexity index is 986. The van der Waals surface area contributed by atoms with Crippen molar-refractivity contribution in [3.8, 4) is 0 Å². The summed E-state index contributed by atoms with van der Waals surface area (Å²) >= 11 is 0. The summed E-state index contributed by atoms with van der Waals surface area (Å²) < 4.78 is 4.66. The minimum absolute atomic E-state index is 0. The van der Waals surface area contributed by atoms with Gasteiger partial charge in [-0.05, 0) is 68.4 Å². The smallest absolute Gasteiger partial charge is 0.820 e. The Morgan fingerprint density at radius 3 is 2.29 bits per heavy atom. The molecule has 38 heavy (non-hydrogen) atoms. The second kappa shape index (κ2) is 16.8. The van der Waals surface area contributed by atoms with Crippen molar-refractivity contribution in [1.29, 1.82) is 0 Å². The SMILES string of the molecule is CCc1ccc(CNc2nc(N3CC4CC4C3)ncc2C)cc1.O=CNC1CCC(OP([O-])[O-])CC1.[Na+].[Na+]. The average molecular weight is 560 g/mol. The maximum Gasteiger partial charge on any atom is 1.00 e. The van der Waals surface area contributed by atoms with Crippen LogP contribution >= 0.6 is 8.60 Å². The number of nitrogens with one attached hydrogen (secondary N) is 2. The second-order valence-corrected chi connectivity index (χ2v) is 10.6. The maximum absolute atomic E-state index is 10.2. The molecular weight excluding hydrogens is 523 g/mol.